The lowest BCUT2D eigenvalue weighted by molar-refractivity contribution is 0.0735. The van der Waals surface area contributed by atoms with Gasteiger partial charge in [-0.1, -0.05) is 0 Å². The fourth-order valence-electron chi connectivity index (χ4n) is 3.77. The Labute approximate surface area is 148 Å². The second kappa shape index (κ2) is 6.88. The van der Waals surface area contributed by atoms with Crippen molar-refractivity contribution in [2.45, 2.75) is 18.9 Å². The van der Waals surface area contributed by atoms with Crippen molar-refractivity contribution in [3.8, 4) is 0 Å². The average Bonchev–Trinajstić information content (AvgIpc) is 3.31. The molecule has 0 spiro atoms. The second-order valence-electron chi connectivity index (χ2n) is 6.75. The van der Waals surface area contributed by atoms with Gasteiger partial charge in [0.15, 0.2) is 0 Å². The third-order valence-corrected chi connectivity index (χ3v) is 5.11. The minimum Gasteiger partial charge on any atom is -0.378 e. The fourth-order valence-corrected chi connectivity index (χ4v) is 3.77. The van der Waals surface area contributed by atoms with E-state index in [1.54, 1.807) is 4.68 Å². The molecule has 0 N–H and O–H groups in total. The van der Waals surface area contributed by atoms with Crippen LogP contribution in [0.2, 0.25) is 0 Å². The van der Waals surface area contributed by atoms with Crippen molar-refractivity contribution in [1.82, 2.24) is 14.7 Å². The number of hydrogen-bond acceptors (Lipinski definition) is 4. The van der Waals surface area contributed by atoms with Crippen LogP contribution in [-0.4, -0.2) is 53.4 Å². The second-order valence-corrected chi connectivity index (χ2v) is 6.75. The number of benzene rings is 1. The molecule has 0 saturated carbocycles. The van der Waals surface area contributed by atoms with Crippen LogP contribution in [0, 0.1) is 0 Å². The summed E-state index contributed by atoms with van der Waals surface area (Å²) in [6.45, 7) is 4.15. The van der Waals surface area contributed by atoms with Gasteiger partial charge in [-0.3, -0.25) is 9.48 Å². The van der Waals surface area contributed by atoms with Gasteiger partial charge in [0.25, 0.3) is 5.91 Å². The van der Waals surface area contributed by atoms with Gasteiger partial charge in [-0.15, -0.1) is 0 Å². The molecule has 1 amide bonds. The Kier molecular flexibility index (Phi) is 4.44. The van der Waals surface area contributed by atoms with Crippen molar-refractivity contribution >= 4 is 11.6 Å². The summed E-state index contributed by atoms with van der Waals surface area (Å²) in [4.78, 5) is 17.3. The molecule has 4 rings (SSSR count). The number of anilines is 1. The van der Waals surface area contributed by atoms with Gasteiger partial charge in [-0.25, -0.2) is 0 Å². The third kappa shape index (κ3) is 3.26. The molecule has 25 heavy (non-hydrogen) atoms. The van der Waals surface area contributed by atoms with Crippen molar-refractivity contribution < 1.29 is 9.53 Å². The molecule has 2 saturated heterocycles. The highest BCUT2D eigenvalue weighted by molar-refractivity contribution is 5.95. The highest BCUT2D eigenvalue weighted by atomic mass is 16.5. The smallest absolute Gasteiger partial charge is 0.254 e. The Morgan fingerprint density at radius 1 is 1.16 bits per heavy atom. The summed E-state index contributed by atoms with van der Waals surface area (Å²) in [6.07, 6.45) is 5.93. The average molecular weight is 340 g/mol. The molecule has 1 aromatic carbocycles. The lowest BCUT2D eigenvalue weighted by Gasteiger charge is -2.29. The summed E-state index contributed by atoms with van der Waals surface area (Å²) in [5.41, 5.74) is 3.04. The van der Waals surface area contributed by atoms with E-state index in [1.807, 2.05) is 48.6 Å². The summed E-state index contributed by atoms with van der Waals surface area (Å²) < 4.78 is 7.20. The van der Waals surface area contributed by atoms with Gasteiger partial charge in [-0.2, -0.15) is 5.10 Å². The fraction of sp³-hybridized carbons (Fsp3) is 0.474. The van der Waals surface area contributed by atoms with Crippen LogP contribution in [-0.2, 0) is 11.8 Å². The lowest BCUT2D eigenvalue weighted by atomic mass is 10.1. The van der Waals surface area contributed by atoms with Crippen molar-refractivity contribution in [3.63, 3.8) is 0 Å². The minimum absolute atomic E-state index is 0.111. The minimum atomic E-state index is 0.111. The summed E-state index contributed by atoms with van der Waals surface area (Å²) in [6, 6.07) is 8.14. The van der Waals surface area contributed by atoms with Crippen LogP contribution in [0.1, 0.15) is 34.8 Å². The first kappa shape index (κ1) is 16.1. The number of rotatable bonds is 3. The monoisotopic (exact) mass is 340 g/mol. The van der Waals surface area contributed by atoms with Crippen LogP contribution in [0.4, 0.5) is 5.69 Å². The molecule has 132 valence electrons. The summed E-state index contributed by atoms with van der Waals surface area (Å²) in [5, 5.41) is 4.25. The van der Waals surface area contributed by atoms with Crippen LogP contribution in [0.25, 0.3) is 0 Å². The Bertz CT molecular complexity index is 734. The number of amides is 1. The zero-order chi connectivity index (χ0) is 17.2. The number of nitrogens with zero attached hydrogens (tertiary/aromatic N) is 4. The van der Waals surface area contributed by atoms with E-state index in [-0.39, 0.29) is 11.9 Å². The van der Waals surface area contributed by atoms with E-state index in [2.05, 4.69) is 10.00 Å². The van der Waals surface area contributed by atoms with E-state index in [0.29, 0.717) is 0 Å². The van der Waals surface area contributed by atoms with Gasteiger partial charge in [0, 0.05) is 49.7 Å². The first-order valence-corrected chi connectivity index (χ1v) is 8.94. The number of hydrogen-bond donors (Lipinski definition) is 0. The highest BCUT2D eigenvalue weighted by Crippen LogP contribution is 2.33. The largest absolute Gasteiger partial charge is 0.378 e. The van der Waals surface area contributed by atoms with Crippen LogP contribution < -0.4 is 4.90 Å². The van der Waals surface area contributed by atoms with E-state index in [1.165, 1.54) is 0 Å². The summed E-state index contributed by atoms with van der Waals surface area (Å²) in [7, 11) is 1.91. The number of aryl methyl sites for hydroxylation is 1. The first-order valence-electron chi connectivity index (χ1n) is 8.94. The van der Waals surface area contributed by atoms with E-state index < -0.39 is 0 Å². The number of carbonyl (C=O) groups is 1. The number of aromatic nitrogens is 2. The van der Waals surface area contributed by atoms with Crippen molar-refractivity contribution in [3.05, 3.63) is 47.8 Å². The van der Waals surface area contributed by atoms with Crippen molar-refractivity contribution in [1.29, 1.82) is 0 Å². The Balaban J connectivity index is 1.50. The van der Waals surface area contributed by atoms with Gasteiger partial charge in [0.05, 0.1) is 25.5 Å². The van der Waals surface area contributed by atoms with Crippen LogP contribution in [0.15, 0.2) is 36.7 Å². The Morgan fingerprint density at radius 3 is 2.60 bits per heavy atom. The zero-order valence-corrected chi connectivity index (χ0v) is 14.6. The van der Waals surface area contributed by atoms with E-state index in [4.69, 9.17) is 4.74 Å². The van der Waals surface area contributed by atoms with Crippen LogP contribution in [0.5, 0.6) is 0 Å². The van der Waals surface area contributed by atoms with Gasteiger partial charge in [0.1, 0.15) is 0 Å². The highest BCUT2D eigenvalue weighted by Gasteiger charge is 2.31. The quantitative estimate of drug-likeness (QED) is 0.860. The molecule has 6 heteroatoms. The number of ether oxygens (including phenoxy) is 1. The predicted octanol–water partition coefficient (Wildman–Crippen LogP) is 2.23. The molecule has 6 nitrogen and oxygen atoms in total. The molecule has 2 aliphatic heterocycles. The maximum Gasteiger partial charge on any atom is 0.254 e. The molecule has 2 aromatic rings. The predicted molar refractivity (Wildman–Crippen MR) is 95.7 cm³/mol. The normalized spacial score (nSPS) is 20.9. The first-order chi connectivity index (χ1) is 12.2. The molecule has 3 heterocycles. The van der Waals surface area contributed by atoms with Crippen molar-refractivity contribution in [2.75, 3.05) is 37.7 Å². The van der Waals surface area contributed by atoms with E-state index >= 15 is 0 Å². The van der Waals surface area contributed by atoms with Gasteiger partial charge in [0.2, 0.25) is 0 Å². The number of carbonyl (C=O) groups excluding carboxylic acids is 1. The maximum absolute atomic E-state index is 13.0. The summed E-state index contributed by atoms with van der Waals surface area (Å²) >= 11 is 0. The molecule has 2 aliphatic rings. The van der Waals surface area contributed by atoms with Crippen LogP contribution in [0.3, 0.4) is 0 Å². The maximum atomic E-state index is 13.0. The third-order valence-electron chi connectivity index (χ3n) is 5.11. The number of morpholine rings is 1. The SMILES string of the molecule is Cn1cc(C2CCCN2C(=O)c2ccc(N3CCOCC3)cc2)cn1. The van der Waals surface area contributed by atoms with Crippen molar-refractivity contribution in [2.24, 2.45) is 7.05 Å². The molecular formula is C19H24N4O2. The molecule has 2 fully saturated rings. The molecule has 0 aliphatic carbocycles. The van der Waals surface area contributed by atoms with E-state index in [9.17, 15) is 4.79 Å². The van der Waals surface area contributed by atoms with Crippen LogP contribution >= 0.6 is 0 Å². The standard InChI is InChI=1S/C19H24N4O2/c1-21-14-16(13-20-21)18-3-2-8-23(18)19(24)15-4-6-17(7-5-15)22-9-11-25-12-10-22/h4-7,13-14,18H,2-3,8-12H2,1H3. The van der Waals surface area contributed by atoms with E-state index in [0.717, 1.165) is 62.5 Å². The molecule has 0 bridgehead atoms. The van der Waals surface area contributed by atoms with Gasteiger partial charge < -0.3 is 14.5 Å². The lowest BCUT2D eigenvalue weighted by Crippen LogP contribution is -2.36. The molecule has 1 atom stereocenters. The molecule has 0 radical (unpaired) electrons. The Hall–Kier alpha value is -2.34. The zero-order valence-electron chi connectivity index (χ0n) is 14.6. The Morgan fingerprint density at radius 2 is 1.92 bits per heavy atom. The number of likely N-dealkylation sites (tertiary alicyclic amines) is 1. The molecule has 1 unspecified atom stereocenters. The topological polar surface area (TPSA) is 50.6 Å². The molecular weight excluding hydrogens is 316 g/mol. The van der Waals surface area contributed by atoms with Gasteiger partial charge in [-0.05, 0) is 37.1 Å². The van der Waals surface area contributed by atoms with Gasteiger partial charge >= 0.3 is 0 Å². The summed E-state index contributed by atoms with van der Waals surface area (Å²) in [5.74, 6) is 0.111. The molecule has 1 aromatic heterocycles.